The van der Waals surface area contributed by atoms with Crippen LogP contribution in [0.5, 0.6) is 0 Å². The third-order valence-electron chi connectivity index (χ3n) is 2.94. The van der Waals surface area contributed by atoms with Crippen LogP contribution >= 0.6 is 0 Å². The second-order valence-electron chi connectivity index (χ2n) is 4.11. The van der Waals surface area contributed by atoms with E-state index in [0.717, 1.165) is 19.4 Å². The van der Waals surface area contributed by atoms with Crippen molar-refractivity contribution in [2.45, 2.75) is 25.4 Å². The van der Waals surface area contributed by atoms with Gasteiger partial charge in [0.05, 0.1) is 0 Å². The summed E-state index contributed by atoms with van der Waals surface area (Å²) in [5, 5.41) is 7.44. The number of aryl methyl sites for hydroxylation is 1. The second kappa shape index (κ2) is 4.12. The largest absolute Gasteiger partial charge is 0.367 e. The topological polar surface area (TPSA) is 55.6 Å². The summed E-state index contributed by atoms with van der Waals surface area (Å²) in [7, 11) is 0. The number of halogens is 1. The van der Waals surface area contributed by atoms with E-state index in [1.165, 1.54) is 18.1 Å². The molecule has 0 bridgehead atoms. The summed E-state index contributed by atoms with van der Waals surface area (Å²) in [6.45, 7) is 0.883. The molecule has 2 aromatic heterocycles. The first-order valence-electron chi connectivity index (χ1n) is 5.56. The first kappa shape index (κ1) is 10.2. The molecule has 0 saturated carbocycles. The lowest BCUT2D eigenvalue weighted by atomic mass is 10.0. The summed E-state index contributed by atoms with van der Waals surface area (Å²) in [4.78, 5) is 7.42. The molecule has 1 aliphatic rings. The average Bonchev–Trinajstić information content (AvgIpc) is 2.76. The smallest absolute Gasteiger partial charge is 0.217 e. The fourth-order valence-electron chi connectivity index (χ4n) is 2.11. The van der Waals surface area contributed by atoms with Gasteiger partial charge in [-0.3, -0.25) is 4.68 Å². The molecule has 0 aliphatic carbocycles. The summed E-state index contributed by atoms with van der Waals surface area (Å²) in [6.07, 6.45) is 4.87. The minimum Gasteiger partial charge on any atom is -0.367 e. The van der Waals surface area contributed by atoms with E-state index >= 15 is 0 Å². The number of anilines is 1. The zero-order valence-electron chi connectivity index (χ0n) is 9.17. The Labute approximate surface area is 97.7 Å². The standard InChI is InChI=1S/C11H12FN5/c12-10-6-11(14-7-13-10)16-8-2-4-17-9(5-8)1-3-15-17/h1,3,6-8H,2,4-5H2,(H,13,14,16). The van der Waals surface area contributed by atoms with Gasteiger partial charge in [0.1, 0.15) is 12.1 Å². The van der Waals surface area contributed by atoms with Crippen molar-refractivity contribution < 1.29 is 4.39 Å². The van der Waals surface area contributed by atoms with Crippen molar-refractivity contribution in [3.63, 3.8) is 0 Å². The SMILES string of the molecule is Fc1cc(NC2CCn3nccc3C2)ncn1. The lowest BCUT2D eigenvalue weighted by Gasteiger charge is -2.24. The highest BCUT2D eigenvalue weighted by Gasteiger charge is 2.18. The van der Waals surface area contributed by atoms with Gasteiger partial charge in [-0.15, -0.1) is 0 Å². The highest BCUT2D eigenvalue weighted by atomic mass is 19.1. The average molecular weight is 233 g/mol. The Bertz CT molecular complexity index is 524. The van der Waals surface area contributed by atoms with Crippen molar-refractivity contribution >= 4 is 5.82 Å². The van der Waals surface area contributed by atoms with E-state index < -0.39 is 5.95 Å². The van der Waals surface area contributed by atoms with Crippen LogP contribution in [0.25, 0.3) is 0 Å². The lowest BCUT2D eigenvalue weighted by molar-refractivity contribution is 0.454. The maximum atomic E-state index is 12.9. The van der Waals surface area contributed by atoms with Crippen LogP contribution in [-0.2, 0) is 13.0 Å². The van der Waals surface area contributed by atoms with Crippen LogP contribution in [0, 0.1) is 5.95 Å². The number of hydrogen-bond acceptors (Lipinski definition) is 4. The summed E-state index contributed by atoms with van der Waals surface area (Å²) in [5.41, 5.74) is 1.20. The molecule has 3 heterocycles. The molecule has 0 aromatic carbocycles. The number of aromatic nitrogens is 4. The molecule has 3 rings (SSSR count). The van der Waals surface area contributed by atoms with Gasteiger partial charge in [0.25, 0.3) is 0 Å². The van der Waals surface area contributed by atoms with Gasteiger partial charge < -0.3 is 5.32 Å². The van der Waals surface area contributed by atoms with Gasteiger partial charge in [-0.25, -0.2) is 9.97 Å². The Hall–Kier alpha value is -1.98. The Morgan fingerprint density at radius 1 is 1.41 bits per heavy atom. The Morgan fingerprint density at radius 3 is 3.24 bits per heavy atom. The van der Waals surface area contributed by atoms with Crippen molar-refractivity contribution in [3.8, 4) is 0 Å². The molecule has 2 aromatic rings. The van der Waals surface area contributed by atoms with Crippen molar-refractivity contribution in [2.24, 2.45) is 0 Å². The van der Waals surface area contributed by atoms with E-state index in [1.54, 1.807) is 0 Å². The molecule has 17 heavy (non-hydrogen) atoms. The molecule has 5 nitrogen and oxygen atoms in total. The molecule has 1 unspecified atom stereocenters. The number of fused-ring (bicyclic) bond motifs is 1. The summed E-state index contributed by atoms with van der Waals surface area (Å²) < 4.78 is 14.9. The molecule has 0 fully saturated rings. The minimum atomic E-state index is -0.511. The van der Waals surface area contributed by atoms with Crippen molar-refractivity contribution in [1.82, 2.24) is 19.7 Å². The van der Waals surface area contributed by atoms with Gasteiger partial charge in [0, 0.05) is 37.0 Å². The molecule has 0 spiro atoms. The van der Waals surface area contributed by atoms with Crippen LogP contribution in [-0.4, -0.2) is 25.8 Å². The van der Waals surface area contributed by atoms with Crippen LogP contribution in [0.15, 0.2) is 24.7 Å². The molecular formula is C11H12FN5. The first-order valence-corrected chi connectivity index (χ1v) is 5.56. The summed E-state index contributed by atoms with van der Waals surface area (Å²) in [6, 6.07) is 3.59. The van der Waals surface area contributed by atoms with Gasteiger partial charge in [0.2, 0.25) is 5.95 Å². The fourth-order valence-corrected chi connectivity index (χ4v) is 2.11. The molecule has 88 valence electrons. The number of nitrogens with zero attached hydrogens (tertiary/aromatic N) is 4. The zero-order chi connectivity index (χ0) is 11.7. The Morgan fingerprint density at radius 2 is 2.35 bits per heavy atom. The lowest BCUT2D eigenvalue weighted by Crippen LogP contribution is -2.30. The Kier molecular flexibility index (Phi) is 2.47. The van der Waals surface area contributed by atoms with Crippen molar-refractivity contribution in [2.75, 3.05) is 5.32 Å². The Balaban J connectivity index is 1.72. The number of hydrogen-bond donors (Lipinski definition) is 1. The van der Waals surface area contributed by atoms with Crippen LogP contribution in [0.3, 0.4) is 0 Å². The summed E-state index contributed by atoms with van der Waals surface area (Å²) in [5.74, 6) is 0.0267. The van der Waals surface area contributed by atoms with E-state index in [4.69, 9.17) is 0 Å². The number of rotatable bonds is 2. The van der Waals surface area contributed by atoms with Crippen LogP contribution < -0.4 is 5.32 Å². The predicted molar refractivity (Wildman–Crippen MR) is 59.9 cm³/mol. The number of nitrogens with one attached hydrogen (secondary N) is 1. The maximum Gasteiger partial charge on any atom is 0.217 e. The van der Waals surface area contributed by atoms with Gasteiger partial charge >= 0.3 is 0 Å². The van der Waals surface area contributed by atoms with E-state index in [0.29, 0.717) is 5.82 Å². The summed E-state index contributed by atoms with van der Waals surface area (Å²) >= 11 is 0. The maximum absolute atomic E-state index is 12.9. The van der Waals surface area contributed by atoms with E-state index in [9.17, 15) is 4.39 Å². The van der Waals surface area contributed by atoms with Gasteiger partial charge in [0.15, 0.2) is 0 Å². The quantitative estimate of drug-likeness (QED) is 0.793. The fraction of sp³-hybridized carbons (Fsp3) is 0.364. The molecule has 0 radical (unpaired) electrons. The van der Waals surface area contributed by atoms with E-state index in [1.807, 2.05) is 16.9 Å². The van der Waals surface area contributed by atoms with Crippen LogP contribution in [0.2, 0.25) is 0 Å². The van der Waals surface area contributed by atoms with E-state index in [-0.39, 0.29) is 6.04 Å². The molecule has 0 saturated heterocycles. The normalized spacial score (nSPS) is 18.8. The third kappa shape index (κ3) is 2.11. The van der Waals surface area contributed by atoms with E-state index in [2.05, 4.69) is 20.4 Å². The minimum absolute atomic E-state index is 0.272. The molecule has 1 atom stereocenters. The second-order valence-corrected chi connectivity index (χ2v) is 4.11. The molecular weight excluding hydrogens is 221 g/mol. The van der Waals surface area contributed by atoms with Crippen molar-refractivity contribution in [1.29, 1.82) is 0 Å². The molecule has 1 N–H and O–H groups in total. The third-order valence-corrected chi connectivity index (χ3v) is 2.94. The van der Waals surface area contributed by atoms with Crippen LogP contribution in [0.4, 0.5) is 10.2 Å². The van der Waals surface area contributed by atoms with Gasteiger partial charge in [-0.1, -0.05) is 0 Å². The highest BCUT2D eigenvalue weighted by Crippen LogP contribution is 2.17. The molecule has 0 amide bonds. The van der Waals surface area contributed by atoms with Crippen molar-refractivity contribution in [3.05, 3.63) is 36.3 Å². The molecule has 1 aliphatic heterocycles. The van der Waals surface area contributed by atoms with Gasteiger partial charge in [-0.2, -0.15) is 9.49 Å². The molecule has 6 heteroatoms. The monoisotopic (exact) mass is 233 g/mol. The first-order chi connectivity index (χ1) is 8.31. The highest BCUT2D eigenvalue weighted by molar-refractivity contribution is 5.34. The predicted octanol–water partition coefficient (Wildman–Crippen LogP) is 1.24. The van der Waals surface area contributed by atoms with Gasteiger partial charge in [-0.05, 0) is 12.5 Å². The van der Waals surface area contributed by atoms with Crippen LogP contribution in [0.1, 0.15) is 12.1 Å². The zero-order valence-corrected chi connectivity index (χ0v) is 9.17.